The van der Waals surface area contributed by atoms with Crippen LogP contribution in [0.4, 0.5) is 0 Å². The molecule has 0 saturated carbocycles. The van der Waals surface area contributed by atoms with E-state index in [1.807, 2.05) is 80.6 Å². The summed E-state index contributed by atoms with van der Waals surface area (Å²) in [5, 5.41) is 13.3. The Morgan fingerprint density at radius 2 is 1.72 bits per heavy atom. The molecule has 1 atom stereocenters. The van der Waals surface area contributed by atoms with E-state index in [0.29, 0.717) is 11.6 Å². The summed E-state index contributed by atoms with van der Waals surface area (Å²) in [4.78, 5) is 12.2. The van der Waals surface area contributed by atoms with Gasteiger partial charge in [0.25, 0.3) is 5.90 Å². The zero-order valence-corrected chi connectivity index (χ0v) is 16.6. The molecule has 0 bridgehead atoms. The van der Waals surface area contributed by atoms with Crippen molar-refractivity contribution in [2.45, 2.75) is 27.0 Å². The molecule has 6 nitrogen and oxygen atoms in total. The van der Waals surface area contributed by atoms with Gasteiger partial charge in [-0.2, -0.15) is 10.1 Å². The minimum absolute atomic E-state index is 0.189. The smallest absolute Gasteiger partial charge is 0.259 e. The molecule has 2 heterocycles. The number of hydrogen-bond donors (Lipinski definition) is 1. The fraction of sp³-hybridized carbons (Fsp3) is 0.174. The van der Waals surface area contributed by atoms with Gasteiger partial charge >= 0.3 is 0 Å². The zero-order chi connectivity index (χ0) is 20.4. The second kappa shape index (κ2) is 7.75. The second-order valence-corrected chi connectivity index (χ2v) is 6.98. The summed E-state index contributed by atoms with van der Waals surface area (Å²) in [7, 11) is 0. The van der Waals surface area contributed by atoms with Gasteiger partial charge < -0.3 is 4.74 Å². The predicted octanol–water partition coefficient (Wildman–Crippen LogP) is 4.36. The molecule has 4 rings (SSSR count). The molecule has 0 fully saturated rings. The van der Waals surface area contributed by atoms with E-state index in [-0.39, 0.29) is 5.91 Å². The van der Waals surface area contributed by atoms with Gasteiger partial charge in [-0.15, -0.1) is 5.10 Å². The number of hydrogen-bond acceptors (Lipinski definition) is 4. The Morgan fingerprint density at radius 1 is 1.07 bits per heavy atom. The molecule has 29 heavy (non-hydrogen) atoms. The van der Waals surface area contributed by atoms with E-state index in [4.69, 9.17) is 4.74 Å². The molecule has 146 valence electrons. The Morgan fingerprint density at radius 3 is 2.38 bits per heavy atom. The Balaban J connectivity index is 1.65. The van der Waals surface area contributed by atoms with E-state index in [9.17, 15) is 4.79 Å². The van der Waals surface area contributed by atoms with Crippen LogP contribution in [0.25, 0.3) is 17.3 Å². The number of aromatic amines is 1. The van der Waals surface area contributed by atoms with E-state index in [1.54, 1.807) is 0 Å². The number of ether oxygens (including phenoxy) is 1. The molecular formula is C23H22N4O2. The summed E-state index contributed by atoms with van der Waals surface area (Å²) >= 11 is 0. The average molecular weight is 386 g/mol. The molecule has 1 aliphatic rings. The molecule has 6 heteroatoms. The lowest BCUT2D eigenvalue weighted by molar-refractivity contribution is -0.133. The first kappa shape index (κ1) is 18.7. The number of H-pyrrole nitrogens is 1. The fourth-order valence-corrected chi connectivity index (χ4v) is 3.33. The van der Waals surface area contributed by atoms with Crippen LogP contribution in [-0.4, -0.2) is 33.2 Å². The van der Waals surface area contributed by atoms with Crippen molar-refractivity contribution in [3.8, 4) is 11.3 Å². The van der Waals surface area contributed by atoms with Crippen molar-refractivity contribution < 1.29 is 9.53 Å². The minimum Gasteiger partial charge on any atom is -0.445 e. The molecule has 2 aromatic carbocycles. The first-order chi connectivity index (χ1) is 14.0. The normalized spacial score (nSPS) is 16.5. The lowest BCUT2D eigenvalue weighted by Crippen LogP contribution is -2.33. The summed E-state index contributed by atoms with van der Waals surface area (Å²) < 4.78 is 6.10. The Labute approximate surface area is 169 Å². The third kappa shape index (κ3) is 3.69. The highest BCUT2D eigenvalue weighted by atomic mass is 16.5. The maximum Gasteiger partial charge on any atom is 0.259 e. The number of benzene rings is 2. The van der Waals surface area contributed by atoms with E-state index in [1.165, 1.54) is 11.9 Å². The SMILES string of the molecule is CC(=O)N1N=C(c2[nH]nc(-c3ccccc3)c2C)O[C@@H]1/C(C)=C/c1ccccc1. The van der Waals surface area contributed by atoms with Crippen molar-refractivity contribution in [1.29, 1.82) is 0 Å². The van der Waals surface area contributed by atoms with Crippen LogP contribution in [0, 0.1) is 6.92 Å². The quantitative estimate of drug-likeness (QED) is 0.724. The number of carbonyl (C=O) groups is 1. The molecule has 0 radical (unpaired) electrons. The van der Waals surface area contributed by atoms with Crippen molar-refractivity contribution in [2.75, 3.05) is 0 Å². The van der Waals surface area contributed by atoms with Gasteiger partial charge in [0, 0.05) is 18.1 Å². The van der Waals surface area contributed by atoms with E-state index < -0.39 is 6.23 Å². The third-order valence-corrected chi connectivity index (χ3v) is 4.82. The lowest BCUT2D eigenvalue weighted by atomic mass is 10.1. The summed E-state index contributed by atoms with van der Waals surface area (Å²) in [5.74, 6) is 0.171. The summed E-state index contributed by atoms with van der Waals surface area (Å²) in [6, 6.07) is 19.8. The fourth-order valence-electron chi connectivity index (χ4n) is 3.33. The van der Waals surface area contributed by atoms with Gasteiger partial charge in [0.1, 0.15) is 5.69 Å². The van der Waals surface area contributed by atoms with Gasteiger partial charge in [-0.05, 0) is 25.0 Å². The molecule has 1 amide bonds. The maximum atomic E-state index is 12.2. The number of carbonyl (C=O) groups excluding carboxylic acids is 1. The maximum absolute atomic E-state index is 12.2. The van der Waals surface area contributed by atoms with Gasteiger partial charge in [-0.3, -0.25) is 9.89 Å². The number of rotatable bonds is 4. The van der Waals surface area contributed by atoms with Crippen molar-refractivity contribution in [3.05, 3.63) is 83.1 Å². The largest absolute Gasteiger partial charge is 0.445 e. The van der Waals surface area contributed by atoms with Crippen LogP contribution < -0.4 is 0 Å². The highest BCUT2D eigenvalue weighted by Crippen LogP contribution is 2.28. The van der Waals surface area contributed by atoms with Crippen LogP contribution in [0.2, 0.25) is 0 Å². The minimum atomic E-state index is -0.592. The Hall–Kier alpha value is -3.67. The molecule has 1 aromatic heterocycles. The topological polar surface area (TPSA) is 70.6 Å². The standard InChI is InChI=1S/C23H22N4O2/c1-15(14-18-10-6-4-7-11-18)23-27(17(3)28)26-22(29-23)21-16(2)20(24-25-21)19-12-8-5-9-13-19/h4-14,23H,1-3H3,(H,24,25)/b15-14+/t23-/m1/s1. The number of nitrogens with one attached hydrogen (secondary N) is 1. The lowest BCUT2D eigenvalue weighted by Gasteiger charge is -2.19. The molecular weight excluding hydrogens is 364 g/mol. The van der Waals surface area contributed by atoms with E-state index in [2.05, 4.69) is 15.3 Å². The van der Waals surface area contributed by atoms with Crippen LogP contribution in [-0.2, 0) is 9.53 Å². The molecule has 0 unspecified atom stereocenters. The molecule has 1 aliphatic heterocycles. The van der Waals surface area contributed by atoms with Gasteiger partial charge in [-0.1, -0.05) is 66.7 Å². The first-order valence-corrected chi connectivity index (χ1v) is 9.43. The predicted molar refractivity (Wildman–Crippen MR) is 113 cm³/mol. The van der Waals surface area contributed by atoms with Crippen molar-refractivity contribution in [1.82, 2.24) is 15.2 Å². The monoisotopic (exact) mass is 386 g/mol. The van der Waals surface area contributed by atoms with Crippen LogP contribution in [0.5, 0.6) is 0 Å². The highest BCUT2D eigenvalue weighted by Gasteiger charge is 2.34. The van der Waals surface area contributed by atoms with Gasteiger partial charge in [-0.25, -0.2) is 0 Å². The third-order valence-electron chi connectivity index (χ3n) is 4.82. The average Bonchev–Trinajstić information content (AvgIpc) is 3.33. The van der Waals surface area contributed by atoms with Crippen LogP contribution in [0.15, 0.2) is 71.3 Å². The number of hydrazone groups is 1. The Bertz CT molecular complexity index is 1080. The van der Waals surface area contributed by atoms with Gasteiger partial charge in [0.2, 0.25) is 12.1 Å². The molecule has 0 aliphatic carbocycles. The van der Waals surface area contributed by atoms with Crippen molar-refractivity contribution in [3.63, 3.8) is 0 Å². The number of aromatic nitrogens is 2. The molecule has 0 saturated heterocycles. The zero-order valence-electron chi connectivity index (χ0n) is 16.6. The van der Waals surface area contributed by atoms with Crippen LogP contribution in [0.3, 0.4) is 0 Å². The van der Waals surface area contributed by atoms with Gasteiger partial charge in [0.05, 0.1) is 5.69 Å². The van der Waals surface area contributed by atoms with E-state index >= 15 is 0 Å². The van der Waals surface area contributed by atoms with Gasteiger partial charge in [0.15, 0.2) is 0 Å². The Kier molecular flexibility index (Phi) is 4.99. The number of amides is 1. The molecule has 3 aromatic rings. The summed E-state index contributed by atoms with van der Waals surface area (Å²) in [6.45, 7) is 5.38. The summed E-state index contributed by atoms with van der Waals surface area (Å²) in [6.07, 6.45) is 1.40. The highest BCUT2D eigenvalue weighted by molar-refractivity contribution is 5.97. The van der Waals surface area contributed by atoms with Crippen LogP contribution >= 0.6 is 0 Å². The van der Waals surface area contributed by atoms with E-state index in [0.717, 1.165) is 28.0 Å². The molecule has 1 N–H and O–H groups in total. The van der Waals surface area contributed by atoms with Crippen LogP contribution in [0.1, 0.15) is 30.7 Å². The van der Waals surface area contributed by atoms with Crippen molar-refractivity contribution >= 4 is 17.9 Å². The number of nitrogens with zero attached hydrogens (tertiary/aromatic N) is 3. The van der Waals surface area contributed by atoms with Crippen molar-refractivity contribution in [2.24, 2.45) is 5.10 Å². The second-order valence-electron chi connectivity index (χ2n) is 6.98. The summed E-state index contributed by atoms with van der Waals surface area (Å²) in [5.41, 5.74) is 5.35. The first-order valence-electron chi connectivity index (χ1n) is 9.43. The molecule has 0 spiro atoms.